The Bertz CT molecular complexity index is 855. The van der Waals surface area contributed by atoms with Crippen molar-refractivity contribution in [2.24, 2.45) is 0 Å². The third kappa shape index (κ3) is 2.02. The van der Waals surface area contributed by atoms with E-state index < -0.39 is 0 Å². The lowest BCUT2D eigenvalue weighted by Crippen LogP contribution is -2.08. The molecule has 1 N–H and O–H groups in total. The summed E-state index contributed by atoms with van der Waals surface area (Å²) in [6.07, 6.45) is 1.73. The number of aromatic nitrogens is 2. The average molecular weight is 293 g/mol. The number of rotatable bonds is 2. The second-order valence-electron chi connectivity index (χ2n) is 5.24. The summed E-state index contributed by atoms with van der Waals surface area (Å²) < 4.78 is 11.4. The summed E-state index contributed by atoms with van der Waals surface area (Å²) in [5, 5.41) is 3.02. The van der Waals surface area contributed by atoms with Crippen LogP contribution in [-0.4, -0.2) is 17.0 Å². The lowest BCUT2D eigenvalue weighted by atomic mass is 9.97. The third-order valence-electron chi connectivity index (χ3n) is 3.74. The molecular weight excluding hydrogens is 278 g/mol. The van der Waals surface area contributed by atoms with Crippen molar-refractivity contribution >= 4 is 5.82 Å². The fourth-order valence-electron chi connectivity index (χ4n) is 2.64. The summed E-state index contributed by atoms with van der Waals surface area (Å²) in [6, 6.07) is 10.1. The minimum Gasteiger partial charge on any atom is -0.472 e. The second-order valence-corrected chi connectivity index (χ2v) is 5.24. The highest BCUT2D eigenvalue weighted by Crippen LogP contribution is 2.38. The molecule has 0 amide bonds. The first-order valence-corrected chi connectivity index (χ1v) is 7.12. The van der Waals surface area contributed by atoms with Gasteiger partial charge in [0, 0.05) is 18.2 Å². The van der Waals surface area contributed by atoms with Crippen LogP contribution in [-0.2, 0) is 6.61 Å². The van der Waals surface area contributed by atoms with Crippen LogP contribution in [0.1, 0.15) is 11.3 Å². The molecule has 2 aromatic heterocycles. The van der Waals surface area contributed by atoms with Crippen LogP contribution in [0.25, 0.3) is 22.6 Å². The van der Waals surface area contributed by atoms with Gasteiger partial charge < -0.3 is 14.5 Å². The van der Waals surface area contributed by atoms with Gasteiger partial charge in [-0.25, -0.2) is 4.98 Å². The van der Waals surface area contributed by atoms with E-state index in [9.17, 15) is 0 Å². The molecule has 0 fully saturated rings. The second kappa shape index (κ2) is 4.87. The van der Waals surface area contributed by atoms with E-state index >= 15 is 0 Å². The Morgan fingerprint density at radius 1 is 1.14 bits per heavy atom. The Kier molecular flexibility index (Phi) is 2.85. The van der Waals surface area contributed by atoms with Gasteiger partial charge in [0.1, 0.15) is 18.2 Å². The summed E-state index contributed by atoms with van der Waals surface area (Å²) in [5.74, 6) is 2.90. The number of hydrogen-bond acceptors (Lipinski definition) is 5. The number of benzene rings is 1. The van der Waals surface area contributed by atoms with E-state index in [2.05, 4.69) is 27.4 Å². The first-order chi connectivity index (χ1) is 10.7. The topological polar surface area (TPSA) is 60.2 Å². The van der Waals surface area contributed by atoms with Gasteiger partial charge in [-0.15, -0.1) is 0 Å². The number of hydrogen-bond donors (Lipinski definition) is 1. The van der Waals surface area contributed by atoms with Gasteiger partial charge in [-0.05, 0) is 42.3 Å². The number of nitrogens with one attached hydrogen (secondary N) is 1. The van der Waals surface area contributed by atoms with Gasteiger partial charge in [-0.1, -0.05) is 6.07 Å². The van der Waals surface area contributed by atoms with E-state index in [4.69, 9.17) is 9.15 Å². The molecule has 1 aliphatic heterocycles. The number of nitrogens with zero attached hydrogens (tertiary/aromatic N) is 2. The van der Waals surface area contributed by atoms with Gasteiger partial charge in [0.2, 0.25) is 11.8 Å². The molecule has 22 heavy (non-hydrogen) atoms. The minimum atomic E-state index is 0.496. The monoisotopic (exact) mass is 293 g/mol. The lowest BCUT2D eigenvalue weighted by Gasteiger charge is -2.20. The maximum absolute atomic E-state index is 5.79. The van der Waals surface area contributed by atoms with Crippen molar-refractivity contribution in [2.45, 2.75) is 13.5 Å². The molecule has 0 spiro atoms. The Balaban J connectivity index is 1.79. The molecule has 0 unspecified atom stereocenters. The molecule has 0 bridgehead atoms. The van der Waals surface area contributed by atoms with Crippen molar-refractivity contribution in [1.29, 1.82) is 0 Å². The fraction of sp³-hybridized carbons (Fsp3) is 0.176. The van der Waals surface area contributed by atoms with Gasteiger partial charge in [-0.2, -0.15) is 4.98 Å². The summed E-state index contributed by atoms with van der Waals surface area (Å²) in [6.45, 7) is 2.38. The quantitative estimate of drug-likeness (QED) is 0.781. The highest BCUT2D eigenvalue weighted by molar-refractivity contribution is 5.77. The average Bonchev–Trinajstić information content (AvgIpc) is 3.00. The highest BCUT2D eigenvalue weighted by Gasteiger charge is 2.20. The number of aryl methyl sites for hydroxylation is 1. The van der Waals surface area contributed by atoms with Crippen molar-refractivity contribution in [3.8, 4) is 28.5 Å². The molecular formula is C17H15N3O2. The number of pyridine rings is 1. The van der Waals surface area contributed by atoms with Gasteiger partial charge in [0.15, 0.2) is 0 Å². The van der Waals surface area contributed by atoms with Crippen LogP contribution in [0.4, 0.5) is 5.82 Å². The van der Waals surface area contributed by atoms with Crippen LogP contribution in [0.3, 0.4) is 0 Å². The van der Waals surface area contributed by atoms with Crippen molar-refractivity contribution in [3.63, 3.8) is 0 Å². The highest BCUT2D eigenvalue weighted by atomic mass is 16.5. The zero-order chi connectivity index (χ0) is 15.1. The van der Waals surface area contributed by atoms with Crippen molar-refractivity contribution < 1.29 is 9.15 Å². The molecule has 0 aliphatic carbocycles. The number of anilines is 1. The van der Waals surface area contributed by atoms with Crippen LogP contribution in [0, 0.1) is 6.92 Å². The van der Waals surface area contributed by atoms with Crippen LogP contribution in [0.5, 0.6) is 5.88 Å². The largest absolute Gasteiger partial charge is 0.472 e. The molecule has 5 heteroatoms. The zero-order valence-corrected chi connectivity index (χ0v) is 12.4. The van der Waals surface area contributed by atoms with Gasteiger partial charge in [0.05, 0.1) is 6.20 Å². The smallest absolute Gasteiger partial charge is 0.226 e. The standard InChI is InChI=1S/C17H15N3O2/c1-10-8-19-16(22-10)11-3-4-13-12(7-11)9-21-17-14(13)5-6-15(18-2)20-17/h3-8H,9H2,1-2H3,(H,18,20). The molecule has 3 aromatic rings. The minimum absolute atomic E-state index is 0.496. The van der Waals surface area contributed by atoms with Gasteiger partial charge in [0.25, 0.3) is 0 Å². The maximum Gasteiger partial charge on any atom is 0.226 e. The summed E-state index contributed by atoms with van der Waals surface area (Å²) in [4.78, 5) is 8.72. The lowest BCUT2D eigenvalue weighted by molar-refractivity contribution is 0.290. The van der Waals surface area contributed by atoms with E-state index in [0.717, 1.165) is 33.8 Å². The van der Waals surface area contributed by atoms with Crippen LogP contribution < -0.4 is 10.1 Å². The molecule has 5 nitrogen and oxygen atoms in total. The Labute approximate surface area is 128 Å². The van der Waals surface area contributed by atoms with Crippen molar-refractivity contribution in [3.05, 3.63) is 47.9 Å². The molecule has 1 aromatic carbocycles. The molecule has 4 rings (SSSR count). The van der Waals surface area contributed by atoms with Crippen LogP contribution >= 0.6 is 0 Å². The summed E-state index contributed by atoms with van der Waals surface area (Å²) in [7, 11) is 1.84. The van der Waals surface area contributed by atoms with E-state index in [1.165, 1.54) is 0 Å². The van der Waals surface area contributed by atoms with Crippen molar-refractivity contribution in [1.82, 2.24) is 9.97 Å². The van der Waals surface area contributed by atoms with Gasteiger partial charge >= 0.3 is 0 Å². The predicted molar refractivity (Wildman–Crippen MR) is 83.8 cm³/mol. The van der Waals surface area contributed by atoms with E-state index in [-0.39, 0.29) is 0 Å². The van der Waals surface area contributed by atoms with Crippen LogP contribution in [0.15, 0.2) is 40.9 Å². The number of oxazole rings is 1. The molecule has 110 valence electrons. The zero-order valence-electron chi connectivity index (χ0n) is 12.4. The van der Waals surface area contributed by atoms with E-state index in [1.807, 2.05) is 32.2 Å². The summed E-state index contributed by atoms with van der Waals surface area (Å²) >= 11 is 0. The van der Waals surface area contributed by atoms with Gasteiger partial charge in [-0.3, -0.25) is 0 Å². The van der Waals surface area contributed by atoms with Crippen LogP contribution in [0.2, 0.25) is 0 Å². The Morgan fingerprint density at radius 3 is 2.77 bits per heavy atom. The molecule has 0 saturated carbocycles. The molecule has 0 atom stereocenters. The fourth-order valence-corrected chi connectivity index (χ4v) is 2.64. The molecule has 1 aliphatic rings. The Hall–Kier alpha value is -2.82. The molecule has 0 radical (unpaired) electrons. The first-order valence-electron chi connectivity index (χ1n) is 7.12. The predicted octanol–water partition coefficient (Wildman–Crippen LogP) is 3.65. The summed E-state index contributed by atoms with van der Waals surface area (Å²) in [5.41, 5.74) is 4.22. The Morgan fingerprint density at radius 2 is 2.00 bits per heavy atom. The first kappa shape index (κ1) is 12.9. The molecule has 0 saturated heterocycles. The third-order valence-corrected chi connectivity index (χ3v) is 3.74. The van der Waals surface area contributed by atoms with E-state index in [1.54, 1.807) is 6.20 Å². The number of ether oxygens (including phenoxy) is 1. The van der Waals surface area contributed by atoms with E-state index in [0.29, 0.717) is 18.4 Å². The SMILES string of the molecule is CNc1ccc2c(n1)OCc1cc(-c3ncc(C)o3)ccc1-2. The van der Waals surface area contributed by atoms with Crippen molar-refractivity contribution in [2.75, 3.05) is 12.4 Å². The molecule has 3 heterocycles. The normalized spacial score (nSPS) is 12.3. The number of fused-ring (bicyclic) bond motifs is 3. The maximum atomic E-state index is 5.79.